The van der Waals surface area contributed by atoms with E-state index in [1.54, 1.807) is 25.1 Å². The second kappa shape index (κ2) is 11.6. The van der Waals surface area contributed by atoms with Crippen LogP contribution in [-0.4, -0.2) is 25.9 Å². The summed E-state index contributed by atoms with van der Waals surface area (Å²) in [6.07, 6.45) is -3.88. The first-order valence-corrected chi connectivity index (χ1v) is 13.6. The van der Waals surface area contributed by atoms with E-state index in [1.807, 2.05) is 30.3 Å². The third-order valence-corrected chi connectivity index (χ3v) is 7.96. The number of dihydropyridines is 1. The molecule has 218 valence electrons. The number of hydrogen-bond donors (Lipinski definition) is 2. The average molecular weight is 597 g/mol. The first-order valence-electron chi connectivity index (χ1n) is 13.2. The lowest BCUT2D eigenvalue weighted by Crippen LogP contribution is -2.37. The summed E-state index contributed by atoms with van der Waals surface area (Å²) in [6, 6.07) is 17.5. The van der Waals surface area contributed by atoms with Gasteiger partial charge in [-0.25, -0.2) is 0 Å². The quantitative estimate of drug-likeness (QED) is 0.311. The molecule has 5 rings (SSSR count). The largest absolute Gasteiger partial charge is 0.497 e. The number of carbonyl (C=O) groups excluding carboxylic acids is 2. The minimum Gasteiger partial charge on any atom is -0.497 e. The van der Waals surface area contributed by atoms with Crippen LogP contribution >= 0.6 is 11.6 Å². The minimum atomic E-state index is -4.63. The highest BCUT2D eigenvalue weighted by Gasteiger charge is 2.42. The van der Waals surface area contributed by atoms with E-state index >= 15 is 0 Å². The van der Waals surface area contributed by atoms with Gasteiger partial charge in [-0.2, -0.15) is 13.2 Å². The van der Waals surface area contributed by atoms with Crippen molar-refractivity contribution in [3.05, 3.63) is 111 Å². The summed E-state index contributed by atoms with van der Waals surface area (Å²) < 4.78 is 51.4. The Hall–Kier alpha value is -4.24. The number of ether oxygens (including phenoxy) is 2. The summed E-state index contributed by atoms with van der Waals surface area (Å²) >= 11 is 6.20. The molecule has 0 unspecified atom stereocenters. The van der Waals surface area contributed by atoms with Crippen LogP contribution in [0.1, 0.15) is 48.3 Å². The van der Waals surface area contributed by atoms with Crippen molar-refractivity contribution >= 4 is 29.0 Å². The van der Waals surface area contributed by atoms with Gasteiger partial charge in [0.2, 0.25) is 0 Å². The Bertz CT molecular complexity index is 1620. The fourth-order valence-electron chi connectivity index (χ4n) is 5.66. The highest BCUT2D eigenvalue weighted by molar-refractivity contribution is 6.34. The number of nitrogens with one attached hydrogen (secondary N) is 2. The van der Waals surface area contributed by atoms with Crippen molar-refractivity contribution in [2.24, 2.45) is 0 Å². The molecule has 10 heteroatoms. The third-order valence-electron chi connectivity index (χ3n) is 7.63. The Morgan fingerprint density at radius 2 is 1.74 bits per heavy atom. The molecule has 0 fully saturated rings. The molecule has 2 N–H and O–H groups in total. The van der Waals surface area contributed by atoms with Crippen molar-refractivity contribution in [3.63, 3.8) is 0 Å². The molecular formula is C32H28ClF3N2O4. The summed E-state index contributed by atoms with van der Waals surface area (Å²) in [4.78, 5) is 27.9. The second-order valence-electron chi connectivity index (χ2n) is 10.2. The van der Waals surface area contributed by atoms with Crippen molar-refractivity contribution in [1.29, 1.82) is 0 Å². The number of halogens is 4. The lowest BCUT2D eigenvalue weighted by Gasteiger charge is -2.37. The van der Waals surface area contributed by atoms with Gasteiger partial charge < -0.3 is 20.1 Å². The van der Waals surface area contributed by atoms with Crippen molar-refractivity contribution < 1.29 is 32.2 Å². The Morgan fingerprint density at radius 1 is 1.00 bits per heavy atom. The van der Waals surface area contributed by atoms with Gasteiger partial charge in [-0.3, -0.25) is 9.59 Å². The van der Waals surface area contributed by atoms with E-state index in [9.17, 15) is 22.8 Å². The Labute approximate surface area is 246 Å². The van der Waals surface area contributed by atoms with Crippen molar-refractivity contribution in [2.75, 3.05) is 19.5 Å². The number of methoxy groups -OCH3 is 2. The fourth-order valence-corrected chi connectivity index (χ4v) is 5.83. The molecule has 2 aliphatic rings. The van der Waals surface area contributed by atoms with Crippen LogP contribution in [0.25, 0.3) is 0 Å². The number of anilines is 1. The van der Waals surface area contributed by atoms with E-state index in [0.717, 1.165) is 23.8 Å². The van der Waals surface area contributed by atoms with Gasteiger partial charge in [-0.1, -0.05) is 41.9 Å². The van der Waals surface area contributed by atoms with Gasteiger partial charge in [-0.05, 0) is 61.2 Å². The molecule has 0 aromatic heterocycles. The topological polar surface area (TPSA) is 76.7 Å². The van der Waals surface area contributed by atoms with Gasteiger partial charge >= 0.3 is 6.18 Å². The summed E-state index contributed by atoms with van der Waals surface area (Å²) in [7, 11) is 2.98. The fraction of sp³-hybridized carbons (Fsp3) is 0.250. The molecule has 1 amide bonds. The van der Waals surface area contributed by atoms with Crippen LogP contribution in [0.3, 0.4) is 0 Å². The van der Waals surface area contributed by atoms with Gasteiger partial charge in [-0.15, -0.1) is 0 Å². The van der Waals surface area contributed by atoms with Crippen LogP contribution in [0.15, 0.2) is 89.3 Å². The molecule has 0 saturated carbocycles. The molecule has 0 bridgehead atoms. The monoisotopic (exact) mass is 596 g/mol. The van der Waals surface area contributed by atoms with Crippen LogP contribution in [-0.2, 0) is 15.8 Å². The van der Waals surface area contributed by atoms with Gasteiger partial charge in [0.25, 0.3) is 5.91 Å². The molecule has 42 heavy (non-hydrogen) atoms. The molecule has 6 nitrogen and oxygen atoms in total. The lowest BCUT2D eigenvalue weighted by atomic mass is 9.71. The van der Waals surface area contributed by atoms with Crippen LogP contribution in [0.2, 0.25) is 5.02 Å². The van der Waals surface area contributed by atoms with E-state index in [2.05, 4.69) is 10.6 Å². The van der Waals surface area contributed by atoms with Gasteiger partial charge in [0.15, 0.2) is 5.78 Å². The van der Waals surface area contributed by atoms with Crippen LogP contribution in [0.4, 0.5) is 18.9 Å². The molecule has 1 aliphatic carbocycles. The first-order chi connectivity index (χ1) is 20.0. The maximum absolute atomic E-state index is 13.9. The number of benzene rings is 3. The maximum Gasteiger partial charge on any atom is 0.416 e. The molecule has 3 aromatic rings. The Kier molecular flexibility index (Phi) is 8.06. The Balaban J connectivity index is 1.62. The summed E-state index contributed by atoms with van der Waals surface area (Å²) in [5.41, 5.74) is 2.06. The van der Waals surface area contributed by atoms with Crippen LogP contribution in [0.5, 0.6) is 11.5 Å². The predicted molar refractivity (Wildman–Crippen MR) is 154 cm³/mol. The summed E-state index contributed by atoms with van der Waals surface area (Å²) in [6.45, 7) is 1.70. The highest BCUT2D eigenvalue weighted by atomic mass is 35.5. The number of allylic oxidation sites excluding steroid dienone is 3. The number of amides is 1. The van der Waals surface area contributed by atoms with Crippen molar-refractivity contribution in [3.8, 4) is 11.5 Å². The van der Waals surface area contributed by atoms with E-state index in [0.29, 0.717) is 40.5 Å². The number of ketones is 1. The van der Waals surface area contributed by atoms with E-state index in [-0.39, 0.29) is 34.4 Å². The predicted octanol–water partition coefficient (Wildman–Crippen LogP) is 7.38. The van der Waals surface area contributed by atoms with Gasteiger partial charge in [0.1, 0.15) is 11.5 Å². The number of hydrogen-bond acceptors (Lipinski definition) is 5. The zero-order valence-electron chi connectivity index (χ0n) is 23.1. The normalized spacial score (nSPS) is 18.8. The molecule has 0 radical (unpaired) electrons. The number of carbonyl (C=O) groups is 2. The zero-order valence-corrected chi connectivity index (χ0v) is 23.8. The molecule has 0 spiro atoms. The maximum atomic E-state index is 13.9. The highest BCUT2D eigenvalue weighted by Crippen LogP contribution is 2.48. The number of alkyl halides is 3. The average Bonchev–Trinajstić information content (AvgIpc) is 2.96. The molecular weight excluding hydrogens is 569 g/mol. The summed E-state index contributed by atoms with van der Waals surface area (Å²) in [5.74, 6) is -0.911. The summed E-state index contributed by atoms with van der Waals surface area (Å²) in [5, 5.41) is 5.77. The van der Waals surface area contributed by atoms with E-state index in [4.69, 9.17) is 21.1 Å². The number of rotatable bonds is 6. The van der Waals surface area contributed by atoms with Crippen molar-refractivity contribution in [1.82, 2.24) is 5.32 Å². The van der Waals surface area contributed by atoms with Crippen LogP contribution in [0, 0.1) is 0 Å². The van der Waals surface area contributed by atoms with Crippen LogP contribution < -0.4 is 20.1 Å². The zero-order chi connectivity index (χ0) is 30.2. The van der Waals surface area contributed by atoms with Gasteiger partial charge in [0.05, 0.1) is 36.4 Å². The number of Topliss-reactive ketones (excluding diaryl/α,β-unsaturated/α-hetero) is 1. The molecule has 1 heterocycles. The Morgan fingerprint density at radius 3 is 2.40 bits per heavy atom. The second-order valence-corrected chi connectivity index (χ2v) is 10.6. The van der Waals surface area contributed by atoms with E-state index < -0.39 is 23.6 Å². The molecule has 1 aliphatic heterocycles. The standard InChI is InChI=1S/C32H28ClF3N2O4/c1-17-28(31(40)38-24-15-20(32(34,35)36)9-11-23(24)33)29(22-16-21(41-2)10-12-27(22)42-3)30-25(37-17)13-19(14-26(30)39)18-7-5-4-6-8-18/h4-12,15-16,19,29,37H,13-14H2,1-3H3,(H,38,40)/t19-,29-/m0/s1. The van der Waals surface area contributed by atoms with Crippen molar-refractivity contribution in [2.45, 2.75) is 37.8 Å². The smallest absolute Gasteiger partial charge is 0.416 e. The third kappa shape index (κ3) is 5.61. The first kappa shape index (κ1) is 29.3. The van der Waals surface area contributed by atoms with E-state index in [1.165, 1.54) is 14.2 Å². The molecule has 3 aromatic carbocycles. The molecule has 0 saturated heterocycles. The lowest BCUT2D eigenvalue weighted by molar-refractivity contribution is -0.137. The minimum absolute atomic E-state index is 0.0618. The molecule has 2 atom stereocenters. The van der Waals surface area contributed by atoms with Gasteiger partial charge in [0, 0.05) is 34.5 Å². The SMILES string of the molecule is COc1ccc(OC)c([C@H]2C(C(=O)Nc3cc(C(F)(F)F)ccc3Cl)=C(C)NC3=C2C(=O)C[C@@H](c2ccccc2)C3)c1.